The van der Waals surface area contributed by atoms with E-state index in [0.717, 1.165) is 0 Å². The number of esters is 1. The van der Waals surface area contributed by atoms with Crippen molar-refractivity contribution in [2.75, 3.05) is 31.1 Å². The quantitative estimate of drug-likeness (QED) is 0.762. The summed E-state index contributed by atoms with van der Waals surface area (Å²) in [5.41, 5.74) is -0.651. The summed E-state index contributed by atoms with van der Waals surface area (Å²) in [6, 6.07) is 0. The average molecular weight is 364 g/mol. The van der Waals surface area contributed by atoms with Crippen molar-refractivity contribution in [3.8, 4) is 0 Å². The van der Waals surface area contributed by atoms with Crippen LogP contribution in [0.15, 0.2) is 12.4 Å². The van der Waals surface area contributed by atoms with Gasteiger partial charge in [0.1, 0.15) is 5.60 Å². The number of rotatable bonds is 3. The predicted molar refractivity (Wildman–Crippen MR) is 97.2 cm³/mol. The van der Waals surface area contributed by atoms with Crippen molar-refractivity contribution in [2.45, 2.75) is 52.7 Å². The van der Waals surface area contributed by atoms with Gasteiger partial charge < -0.3 is 14.4 Å². The molecule has 1 aliphatic heterocycles. The van der Waals surface area contributed by atoms with Crippen LogP contribution in [-0.4, -0.2) is 64.3 Å². The minimum absolute atomic E-state index is 0.307. The normalized spacial score (nSPS) is 17.0. The summed E-state index contributed by atoms with van der Waals surface area (Å²) in [6.45, 7) is 13.2. The Bertz CT molecular complexity index is 652. The minimum atomic E-state index is -0.531. The first kappa shape index (κ1) is 19.9. The fourth-order valence-corrected chi connectivity index (χ4v) is 2.79. The van der Waals surface area contributed by atoms with Crippen LogP contribution < -0.4 is 4.90 Å². The van der Waals surface area contributed by atoms with Gasteiger partial charge in [-0.1, -0.05) is 0 Å². The number of anilines is 1. The highest BCUT2D eigenvalue weighted by atomic mass is 16.6. The number of carbonyl (C=O) groups is 2. The van der Waals surface area contributed by atoms with Gasteiger partial charge in [-0.15, -0.1) is 0 Å². The van der Waals surface area contributed by atoms with E-state index in [4.69, 9.17) is 9.47 Å². The van der Waals surface area contributed by atoms with Crippen LogP contribution in [0.4, 0.5) is 10.7 Å². The fraction of sp³-hybridized carbons (Fsp3) is 0.667. The van der Waals surface area contributed by atoms with Crippen LogP contribution in [0.2, 0.25) is 0 Å². The summed E-state index contributed by atoms with van der Waals surface area (Å²) >= 11 is 0. The van der Waals surface area contributed by atoms with Crippen LogP contribution in [0, 0.1) is 0 Å². The molecule has 26 heavy (non-hydrogen) atoms. The number of ether oxygens (including phenoxy) is 2. The molecule has 0 atom stereocenters. The first-order valence-electron chi connectivity index (χ1n) is 8.78. The summed E-state index contributed by atoms with van der Waals surface area (Å²) in [6.07, 6.45) is 2.61. The molecule has 1 aromatic rings. The molecule has 144 valence electrons. The Morgan fingerprint density at radius 3 is 2.31 bits per heavy atom. The Balaban J connectivity index is 2.07. The maximum absolute atomic E-state index is 12.5. The van der Waals surface area contributed by atoms with Crippen LogP contribution in [-0.2, 0) is 9.47 Å². The highest BCUT2D eigenvalue weighted by Gasteiger charge is 2.39. The molecule has 0 aliphatic carbocycles. The zero-order chi connectivity index (χ0) is 19.5. The molecule has 0 unspecified atom stereocenters. The van der Waals surface area contributed by atoms with Gasteiger partial charge in [-0.2, -0.15) is 0 Å². The van der Waals surface area contributed by atoms with Gasteiger partial charge in [-0.05, 0) is 41.5 Å². The molecule has 0 saturated carbocycles. The van der Waals surface area contributed by atoms with E-state index in [9.17, 15) is 9.59 Å². The molecule has 0 bridgehead atoms. The second-order valence-corrected chi connectivity index (χ2v) is 7.86. The zero-order valence-corrected chi connectivity index (χ0v) is 16.4. The Kier molecular flexibility index (Phi) is 5.73. The van der Waals surface area contributed by atoms with Gasteiger partial charge >= 0.3 is 12.1 Å². The first-order chi connectivity index (χ1) is 12.0. The van der Waals surface area contributed by atoms with Crippen molar-refractivity contribution in [1.29, 1.82) is 0 Å². The number of hydrogen-bond acceptors (Lipinski definition) is 7. The standard InChI is InChI=1S/C18H28N4O4/c1-7-25-14(23)13-10-19-15(20-11-13)21-8-9-22(18(5,6)12-21)16(24)26-17(2,3)4/h10-11H,7-9,12H2,1-6H3. The van der Waals surface area contributed by atoms with Gasteiger partial charge in [0.15, 0.2) is 0 Å². The molecule has 1 saturated heterocycles. The van der Waals surface area contributed by atoms with E-state index < -0.39 is 17.1 Å². The highest BCUT2D eigenvalue weighted by molar-refractivity contribution is 5.88. The number of carbonyl (C=O) groups excluding carboxylic acids is 2. The molecule has 1 amide bonds. The van der Waals surface area contributed by atoms with E-state index >= 15 is 0 Å². The molecule has 8 heteroatoms. The van der Waals surface area contributed by atoms with E-state index in [2.05, 4.69) is 9.97 Å². The lowest BCUT2D eigenvalue weighted by Gasteiger charge is -2.46. The molecule has 2 heterocycles. The van der Waals surface area contributed by atoms with Gasteiger partial charge in [0, 0.05) is 32.0 Å². The molecular formula is C18H28N4O4. The van der Waals surface area contributed by atoms with Gasteiger partial charge in [0.25, 0.3) is 0 Å². The number of aromatic nitrogens is 2. The van der Waals surface area contributed by atoms with E-state index in [0.29, 0.717) is 37.8 Å². The second kappa shape index (κ2) is 7.47. The minimum Gasteiger partial charge on any atom is -0.462 e. The second-order valence-electron chi connectivity index (χ2n) is 7.86. The molecule has 0 radical (unpaired) electrons. The number of piperazine rings is 1. The van der Waals surface area contributed by atoms with Crippen molar-refractivity contribution < 1.29 is 19.1 Å². The van der Waals surface area contributed by atoms with Crippen LogP contribution in [0.5, 0.6) is 0 Å². The van der Waals surface area contributed by atoms with Crippen LogP contribution in [0.3, 0.4) is 0 Å². The van der Waals surface area contributed by atoms with E-state index in [1.165, 1.54) is 12.4 Å². The third-order valence-electron chi connectivity index (χ3n) is 3.95. The lowest BCUT2D eigenvalue weighted by molar-refractivity contribution is 0.000209. The number of hydrogen-bond donors (Lipinski definition) is 0. The molecule has 0 N–H and O–H groups in total. The lowest BCUT2D eigenvalue weighted by Crippen LogP contribution is -2.62. The largest absolute Gasteiger partial charge is 0.462 e. The maximum atomic E-state index is 12.5. The SMILES string of the molecule is CCOC(=O)c1cnc(N2CCN(C(=O)OC(C)(C)C)C(C)(C)C2)nc1. The molecule has 1 aromatic heterocycles. The Morgan fingerprint density at radius 1 is 1.19 bits per heavy atom. The molecular weight excluding hydrogens is 336 g/mol. The third kappa shape index (κ3) is 4.83. The molecule has 1 aliphatic rings. The predicted octanol–water partition coefficient (Wildman–Crippen LogP) is 2.49. The number of amides is 1. The van der Waals surface area contributed by atoms with Gasteiger partial charge in [0.05, 0.1) is 17.7 Å². The highest BCUT2D eigenvalue weighted by Crippen LogP contribution is 2.25. The summed E-state index contributed by atoms with van der Waals surface area (Å²) < 4.78 is 10.4. The van der Waals surface area contributed by atoms with Gasteiger partial charge in [-0.25, -0.2) is 19.6 Å². The van der Waals surface area contributed by atoms with Gasteiger partial charge in [-0.3, -0.25) is 4.90 Å². The van der Waals surface area contributed by atoms with E-state index in [-0.39, 0.29) is 6.09 Å². The third-order valence-corrected chi connectivity index (χ3v) is 3.95. The maximum Gasteiger partial charge on any atom is 0.410 e. The van der Waals surface area contributed by atoms with Crippen molar-refractivity contribution in [3.05, 3.63) is 18.0 Å². The smallest absolute Gasteiger partial charge is 0.410 e. The van der Waals surface area contributed by atoms with E-state index in [1.807, 2.05) is 39.5 Å². The van der Waals surface area contributed by atoms with Crippen LogP contribution in [0.25, 0.3) is 0 Å². The Hall–Kier alpha value is -2.38. The van der Waals surface area contributed by atoms with Crippen molar-refractivity contribution >= 4 is 18.0 Å². The Labute approximate surface area is 154 Å². The average Bonchev–Trinajstić information content (AvgIpc) is 2.52. The molecule has 8 nitrogen and oxygen atoms in total. The van der Waals surface area contributed by atoms with Crippen LogP contribution in [0.1, 0.15) is 51.9 Å². The van der Waals surface area contributed by atoms with Crippen LogP contribution >= 0.6 is 0 Å². The fourth-order valence-electron chi connectivity index (χ4n) is 2.79. The van der Waals surface area contributed by atoms with Crippen molar-refractivity contribution in [3.63, 3.8) is 0 Å². The lowest BCUT2D eigenvalue weighted by atomic mass is 9.99. The monoisotopic (exact) mass is 364 g/mol. The molecule has 1 fully saturated rings. The zero-order valence-electron chi connectivity index (χ0n) is 16.4. The summed E-state index contributed by atoms with van der Waals surface area (Å²) in [5.74, 6) is 0.0871. The van der Waals surface area contributed by atoms with Crippen molar-refractivity contribution in [1.82, 2.24) is 14.9 Å². The summed E-state index contributed by atoms with van der Waals surface area (Å²) in [7, 11) is 0. The summed E-state index contributed by atoms with van der Waals surface area (Å²) in [5, 5.41) is 0. The topological polar surface area (TPSA) is 84.9 Å². The van der Waals surface area contributed by atoms with Crippen molar-refractivity contribution in [2.24, 2.45) is 0 Å². The molecule has 2 rings (SSSR count). The molecule has 0 spiro atoms. The summed E-state index contributed by atoms with van der Waals surface area (Å²) in [4.78, 5) is 36.4. The van der Waals surface area contributed by atoms with E-state index in [1.54, 1.807) is 11.8 Å². The van der Waals surface area contributed by atoms with Gasteiger partial charge in [0.2, 0.25) is 5.95 Å². The number of nitrogens with zero attached hydrogens (tertiary/aromatic N) is 4. The first-order valence-corrected chi connectivity index (χ1v) is 8.78. The Morgan fingerprint density at radius 2 is 1.81 bits per heavy atom. The molecule has 0 aromatic carbocycles.